The Bertz CT molecular complexity index is 381. The van der Waals surface area contributed by atoms with Gasteiger partial charge in [0, 0.05) is 18.3 Å². The van der Waals surface area contributed by atoms with E-state index in [1.54, 1.807) is 0 Å². The predicted molar refractivity (Wildman–Crippen MR) is 70.8 cm³/mol. The van der Waals surface area contributed by atoms with Crippen LogP contribution in [0.4, 0.5) is 0 Å². The molecule has 2 N–H and O–H groups in total. The second-order valence-electron chi connectivity index (χ2n) is 5.83. The summed E-state index contributed by atoms with van der Waals surface area (Å²) in [6.45, 7) is 8.83. The molecule has 3 heteroatoms. The van der Waals surface area contributed by atoms with E-state index in [9.17, 15) is 0 Å². The molecular formula is C14H25N3. The van der Waals surface area contributed by atoms with Crippen molar-refractivity contribution in [2.75, 3.05) is 0 Å². The van der Waals surface area contributed by atoms with Crippen molar-refractivity contribution < 1.29 is 0 Å². The molecule has 0 radical (unpaired) electrons. The number of aryl methyl sites for hydroxylation is 1. The number of aromatic nitrogens is 2. The summed E-state index contributed by atoms with van der Waals surface area (Å²) in [5, 5.41) is 0. The van der Waals surface area contributed by atoms with Gasteiger partial charge in [0.05, 0.1) is 5.69 Å². The fourth-order valence-electron chi connectivity index (χ4n) is 2.87. The van der Waals surface area contributed by atoms with Crippen molar-refractivity contribution in [2.45, 2.75) is 59.0 Å². The zero-order chi connectivity index (χ0) is 12.6. The molecule has 0 aliphatic heterocycles. The fourth-order valence-corrected chi connectivity index (χ4v) is 2.87. The maximum Gasteiger partial charge on any atom is 0.106 e. The largest absolute Gasteiger partial charge is 0.332 e. The Kier molecular flexibility index (Phi) is 3.57. The summed E-state index contributed by atoms with van der Waals surface area (Å²) in [6, 6.07) is 0.663. The van der Waals surface area contributed by atoms with Gasteiger partial charge in [-0.15, -0.1) is 0 Å². The third-order valence-corrected chi connectivity index (χ3v) is 4.37. The van der Waals surface area contributed by atoms with E-state index < -0.39 is 0 Å². The lowest BCUT2D eigenvalue weighted by atomic mass is 9.79. The first-order valence-electron chi connectivity index (χ1n) is 6.80. The molecule has 1 heterocycles. The summed E-state index contributed by atoms with van der Waals surface area (Å²) in [5.41, 5.74) is 6.92. The summed E-state index contributed by atoms with van der Waals surface area (Å²) in [4.78, 5) is 4.57. The lowest BCUT2D eigenvalue weighted by Gasteiger charge is -2.33. The van der Waals surface area contributed by atoms with Gasteiger partial charge in [-0.1, -0.05) is 13.8 Å². The van der Waals surface area contributed by atoms with Gasteiger partial charge in [0.25, 0.3) is 0 Å². The quantitative estimate of drug-likeness (QED) is 0.855. The summed E-state index contributed by atoms with van der Waals surface area (Å²) in [6.07, 6.45) is 6.04. The topological polar surface area (TPSA) is 43.8 Å². The lowest BCUT2D eigenvalue weighted by molar-refractivity contribution is 0.209. The van der Waals surface area contributed by atoms with Gasteiger partial charge in [0.15, 0.2) is 0 Å². The van der Waals surface area contributed by atoms with Crippen molar-refractivity contribution in [3.8, 4) is 0 Å². The second kappa shape index (κ2) is 4.81. The molecule has 0 saturated heterocycles. The van der Waals surface area contributed by atoms with Gasteiger partial charge in [-0.2, -0.15) is 0 Å². The van der Waals surface area contributed by atoms with Crippen molar-refractivity contribution in [2.24, 2.45) is 17.6 Å². The third kappa shape index (κ3) is 2.54. The lowest BCUT2D eigenvalue weighted by Crippen LogP contribution is -2.23. The van der Waals surface area contributed by atoms with Gasteiger partial charge in [0.2, 0.25) is 0 Å². The minimum Gasteiger partial charge on any atom is -0.332 e. The summed E-state index contributed by atoms with van der Waals surface area (Å²) >= 11 is 0. The Balaban J connectivity index is 2.17. The highest BCUT2D eigenvalue weighted by atomic mass is 15.1. The molecule has 0 spiro atoms. The van der Waals surface area contributed by atoms with Crippen LogP contribution in [0.15, 0.2) is 6.20 Å². The van der Waals surface area contributed by atoms with Crippen molar-refractivity contribution in [1.29, 1.82) is 0 Å². The van der Waals surface area contributed by atoms with E-state index in [0.717, 1.165) is 23.4 Å². The van der Waals surface area contributed by atoms with Crippen LogP contribution in [0.1, 0.15) is 63.6 Å². The van der Waals surface area contributed by atoms with E-state index >= 15 is 0 Å². The van der Waals surface area contributed by atoms with E-state index in [0.29, 0.717) is 6.04 Å². The van der Waals surface area contributed by atoms with Crippen molar-refractivity contribution in [1.82, 2.24) is 9.55 Å². The molecule has 3 nitrogen and oxygen atoms in total. The first kappa shape index (κ1) is 12.6. The maximum atomic E-state index is 5.90. The summed E-state index contributed by atoms with van der Waals surface area (Å²) < 4.78 is 2.35. The molecule has 0 aromatic carbocycles. The van der Waals surface area contributed by atoms with E-state index in [2.05, 4.69) is 36.5 Å². The molecule has 1 aromatic rings. The molecule has 2 rings (SSSR count). The zero-order valence-electron chi connectivity index (χ0n) is 11.5. The number of nitrogens with zero attached hydrogens (tertiary/aromatic N) is 2. The number of rotatable bonds is 2. The van der Waals surface area contributed by atoms with Crippen LogP contribution >= 0.6 is 0 Å². The van der Waals surface area contributed by atoms with Crippen LogP contribution in [0, 0.1) is 18.8 Å². The van der Waals surface area contributed by atoms with Crippen LogP contribution < -0.4 is 5.73 Å². The molecule has 0 amide bonds. The summed E-state index contributed by atoms with van der Waals surface area (Å²) in [5.74, 6) is 2.79. The van der Waals surface area contributed by atoms with E-state index in [4.69, 9.17) is 5.73 Å². The van der Waals surface area contributed by atoms with Crippen LogP contribution in [0.5, 0.6) is 0 Å². The number of hydrogen-bond acceptors (Lipinski definition) is 2. The molecule has 0 bridgehead atoms. The predicted octanol–water partition coefficient (Wildman–Crippen LogP) is 3.21. The number of nitrogens with two attached hydrogens (primary N) is 1. The van der Waals surface area contributed by atoms with Gasteiger partial charge >= 0.3 is 0 Å². The van der Waals surface area contributed by atoms with Crippen LogP contribution in [0.2, 0.25) is 0 Å². The van der Waals surface area contributed by atoms with E-state index in [-0.39, 0.29) is 6.04 Å². The van der Waals surface area contributed by atoms with Crippen molar-refractivity contribution in [3.63, 3.8) is 0 Å². The Morgan fingerprint density at radius 1 is 1.35 bits per heavy atom. The van der Waals surface area contributed by atoms with Crippen LogP contribution in [-0.4, -0.2) is 9.55 Å². The number of imidazole rings is 1. The Labute approximate surface area is 104 Å². The van der Waals surface area contributed by atoms with Gasteiger partial charge in [-0.05, 0) is 44.9 Å². The molecule has 1 saturated carbocycles. The Morgan fingerprint density at radius 2 is 2.06 bits per heavy atom. The highest BCUT2D eigenvalue weighted by molar-refractivity contribution is 5.08. The van der Waals surface area contributed by atoms with Gasteiger partial charge in [-0.3, -0.25) is 0 Å². The Hall–Kier alpha value is -0.830. The van der Waals surface area contributed by atoms with E-state index in [1.807, 2.05) is 6.92 Å². The second-order valence-corrected chi connectivity index (χ2v) is 5.83. The van der Waals surface area contributed by atoms with Crippen LogP contribution in [0.3, 0.4) is 0 Å². The Morgan fingerprint density at radius 3 is 2.59 bits per heavy atom. The van der Waals surface area contributed by atoms with Crippen LogP contribution in [-0.2, 0) is 0 Å². The minimum atomic E-state index is 0.0369. The molecule has 1 fully saturated rings. The molecule has 1 aliphatic carbocycles. The summed E-state index contributed by atoms with van der Waals surface area (Å²) in [7, 11) is 0. The zero-order valence-corrected chi connectivity index (χ0v) is 11.5. The first-order chi connectivity index (χ1) is 7.99. The molecule has 1 aromatic heterocycles. The maximum absolute atomic E-state index is 5.90. The average molecular weight is 235 g/mol. The molecule has 1 aliphatic rings. The number of hydrogen-bond donors (Lipinski definition) is 1. The average Bonchev–Trinajstić information content (AvgIpc) is 2.65. The van der Waals surface area contributed by atoms with Gasteiger partial charge in [0.1, 0.15) is 5.82 Å². The highest BCUT2D eigenvalue weighted by Gasteiger charge is 2.26. The van der Waals surface area contributed by atoms with Crippen molar-refractivity contribution >= 4 is 0 Å². The molecule has 96 valence electrons. The molecular weight excluding hydrogens is 210 g/mol. The van der Waals surface area contributed by atoms with Crippen LogP contribution in [0.25, 0.3) is 0 Å². The van der Waals surface area contributed by atoms with Gasteiger partial charge < -0.3 is 10.3 Å². The fraction of sp³-hybridized carbons (Fsp3) is 0.786. The first-order valence-corrected chi connectivity index (χ1v) is 6.80. The minimum absolute atomic E-state index is 0.0369. The normalized spacial score (nSPS) is 31.5. The standard InChI is InChI=1S/C14H25N3/c1-9-5-6-13(7-10(9)2)17-8-14(11(3)15)16-12(17)4/h8-11,13H,5-7,15H2,1-4H3/t9?,10?,11-,13?/m0/s1. The monoisotopic (exact) mass is 235 g/mol. The molecule has 3 unspecified atom stereocenters. The smallest absolute Gasteiger partial charge is 0.106 e. The third-order valence-electron chi connectivity index (χ3n) is 4.37. The molecule has 4 atom stereocenters. The SMILES string of the molecule is Cc1nc([C@H](C)N)cn1C1CCC(C)C(C)C1. The van der Waals surface area contributed by atoms with E-state index in [1.165, 1.54) is 19.3 Å². The van der Waals surface area contributed by atoms with Crippen molar-refractivity contribution in [3.05, 3.63) is 17.7 Å². The van der Waals surface area contributed by atoms with Gasteiger partial charge in [-0.25, -0.2) is 4.98 Å². The highest BCUT2D eigenvalue weighted by Crippen LogP contribution is 2.36. The molecule has 17 heavy (non-hydrogen) atoms.